The Labute approximate surface area is 132 Å². The third kappa shape index (κ3) is 3.40. The predicted octanol–water partition coefficient (Wildman–Crippen LogP) is 1.91. The third-order valence-corrected chi connectivity index (χ3v) is 4.61. The van der Waals surface area contributed by atoms with Crippen molar-refractivity contribution < 1.29 is 4.74 Å². The zero-order valence-electron chi connectivity index (χ0n) is 12.0. The van der Waals surface area contributed by atoms with E-state index in [1.807, 2.05) is 18.2 Å². The highest BCUT2D eigenvalue weighted by atomic mass is 32.2. The molecule has 1 N–H and O–H groups in total. The zero-order valence-corrected chi connectivity index (χ0v) is 12.8. The molecule has 1 aliphatic rings. The van der Waals surface area contributed by atoms with Gasteiger partial charge in [-0.25, -0.2) is 9.89 Å². The van der Waals surface area contributed by atoms with E-state index in [0.29, 0.717) is 23.0 Å². The van der Waals surface area contributed by atoms with E-state index in [-0.39, 0.29) is 11.8 Å². The SMILES string of the molecule is N#Cc1cccc(CSc2n[nH]c(=O)n2CC2CCCO2)c1. The van der Waals surface area contributed by atoms with E-state index in [4.69, 9.17) is 10.00 Å². The van der Waals surface area contributed by atoms with E-state index in [1.54, 1.807) is 10.6 Å². The van der Waals surface area contributed by atoms with Gasteiger partial charge in [0.1, 0.15) is 0 Å². The number of aromatic nitrogens is 3. The summed E-state index contributed by atoms with van der Waals surface area (Å²) in [5.74, 6) is 0.658. The highest BCUT2D eigenvalue weighted by Gasteiger charge is 2.19. The van der Waals surface area contributed by atoms with E-state index < -0.39 is 0 Å². The van der Waals surface area contributed by atoms with Gasteiger partial charge in [0.25, 0.3) is 0 Å². The van der Waals surface area contributed by atoms with Crippen LogP contribution in [0.4, 0.5) is 0 Å². The number of nitrogens with zero attached hydrogens (tertiary/aromatic N) is 3. The normalized spacial score (nSPS) is 17.5. The summed E-state index contributed by atoms with van der Waals surface area (Å²) >= 11 is 1.48. The molecule has 2 aromatic rings. The molecule has 1 atom stereocenters. The van der Waals surface area contributed by atoms with Gasteiger partial charge in [0, 0.05) is 12.4 Å². The predicted molar refractivity (Wildman–Crippen MR) is 82.5 cm³/mol. The van der Waals surface area contributed by atoms with Crippen molar-refractivity contribution in [1.82, 2.24) is 14.8 Å². The minimum Gasteiger partial charge on any atom is -0.376 e. The molecule has 3 rings (SSSR count). The number of nitrogens with one attached hydrogen (secondary N) is 1. The van der Waals surface area contributed by atoms with Gasteiger partial charge < -0.3 is 4.74 Å². The van der Waals surface area contributed by atoms with Crippen LogP contribution < -0.4 is 5.69 Å². The van der Waals surface area contributed by atoms with Gasteiger partial charge >= 0.3 is 5.69 Å². The molecule has 7 heteroatoms. The molecule has 2 heterocycles. The summed E-state index contributed by atoms with van der Waals surface area (Å²) in [5, 5.41) is 16.2. The van der Waals surface area contributed by atoms with Crippen molar-refractivity contribution in [3.05, 3.63) is 45.9 Å². The summed E-state index contributed by atoms with van der Waals surface area (Å²) in [6, 6.07) is 9.57. The summed E-state index contributed by atoms with van der Waals surface area (Å²) in [6.45, 7) is 1.30. The Morgan fingerprint density at radius 2 is 2.45 bits per heavy atom. The lowest BCUT2D eigenvalue weighted by molar-refractivity contribution is 0.0941. The largest absolute Gasteiger partial charge is 0.376 e. The molecule has 0 saturated carbocycles. The summed E-state index contributed by atoms with van der Waals surface area (Å²) in [6.07, 6.45) is 2.11. The molecule has 0 radical (unpaired) electrons. The van der Waals surface area contributed by atoms with Crippen LogP contribution in [0.1, 0.15) is 24.0 Å². The molecule has 1 unspecified atom stereocenters. The number of nitriles is 1. The van der Waals surface area contributed by atoms with E-state index in [0.717, 1.165) is 25.0 Å². The maximum atomic E-state index is 11.9. The van der Waals surface area contributed by atoms with Crippen LogP contribution in [0.15, 0.2) is 34.2 Å². The van der Waals surface area contributed by atoms with Crippen LogP contribution in [0.5, 0.6) is 0 Å². The van der Waals surface area contributed by atoms with Gasteiger partial charge in [-0.05, 0) is 30.5 Å². The first-order valence-electron chi connectivity index (χ1n) is 7.15. The number of H-pyrrole nitrogens is 1. The van der Waals surface area contributed by atoms with Crippen LogP contribution in [-0.4, -0.2) is 27.5 Å². The fourth-order valence-electron chi connectivity index (χ4n) is 2.44. The standard InChI is InChI=1S/C15H16N4O2S/c16-8-11-3-1-4-12(7-11)10-22-15-18-17-14(20)19(15)9-13-5-2-6-21-13/h1,3-4,7,13H,2,5-6,9-10H2,(H,17,20). The van der Waals surface area contributed by atoms with Crippen molar-refractivity contribution >= 4 is 11.8 Å². The van der Waals surface area contributed by atoms with Crippen molar-refractivity contribution in [2.45, 2.75) is 36.4 Å². The van der Waals surface area contributed by atoms with Crippen molar-refractivity contribution in [2.24, 2.45) is 0 Å². The summed E-state index contributed by atoms with van der Waals surface area (Å²) in [7, 11) is 0. The Balaban J connectivity index is 1.69. The summed E-state index contributed by atoms with van der Waals surface area (Å²) in [5.41, 5.74) is 1.46. The Kier molecular flexibility index (Phi) is 4.61. The van der Waals surface area contributed by atoms with E-state index in [9.17, 15) is 4.79 Å². The Morgan fingerprint density at radius 3 is 3.23 bits per heavy atom. The molecule has 0 amide bonds. The molecule has 114 valence electrons. The van der Waals surface area contributed by atoms with Crippen LogP contribution in [0, 0.1) is 11.3 Å². The van der Waals surface area contributed by atoms with Gasteiger partial charge in [0.05, 0.1) is 24.3 Å². The number of hydrogen-bond donors (Lipinski definition) is 1. The van der Waals surface area contributed by atoms with Gasteiger partial charge in [-0.1, -0.05) is 23.9 Å². The number of rotatable bonds is 5. The summed E-state index contributed by atoms with van der Waals surface area (Å²) in [4.78, 5) is 11.9. The first-order valence-corrected chi connectivity index (χ1v) is 8.13. The Morgan fingerprint density at radius 1 is 1.55 bits per heavy atom. The number of aromatic amines is 1. The van der Waals surface area contributed by atoms with Crippen molar-refractivity contribution in [2.75, 3.05) is 6.61 Å². The average molecular weight is 316 g/mol. The molecule has 1 aromatic heterocycles. The molecule has 1 fully saturated rings. The van der Waals surface area contributed by atoms with Crippen LogP contribution in [0.3, 0.4) is 0 Å². The van der Waals surface area contributed by atoms with E-state index in [2.05, 4.69) is 16.3 Å². The second-order valence-electron chi connectivity index (χ2n) is 5.16. The van der Waals surface area contributed by atoms with Gasteiger partial charge in [-0.3, -0.25) is 4.57 Å². The van der Waals surface area contributed by atoms with Crippen molar-refractivity contribution in [3.8, 4) is 6.07 Å². The smallest absolute Gasteiger partial charge is 0.344 e. The van der Waals surface area contributed by atoms with E-state index in [1.165, 1.54) is 11.8 Å². The summed E-state index contributed by atoms with van der Waals surface area (Å²) < 4.78 is 7.22. The lowest BCUT2D eigenvalue weighted by Gasteiger charge is -2.11. The van der Waals surface area contributed by atoms with Crippen LogP contribution in [0.25, 0.3) is 0 Å². The molecule has 6 nitrogen and oxygen atoms in total. The molecular formula is C15H16N4O2S. The number of hydrogen-bond acceptors (Lipinski definition) is 5. The fourth-order valence-corrected chi connectivity index (χ4v) is 3.34. The Hall–Kier alpha value is -2.04. The fraction of sp³-hybridized carbons (Fsp3) is 0.400. The average Bonchev–Trinajstić information content (AvgIpc) is 3.17. The molecule has 1 aliphatic heterocycles. The molecule has 0 aliphatic carbocycles. The minimum atomic E-state index is -0.205. The molecular weight excluding hydrogens is 300 g/mol. The first-order chi connectivity index (χ1) is 10.8. The quantitative estimate of drug-likeness (QED) is 0.852. The van der Waals surface area contributed by atoms with Gasteiger partial charge in [-0.2, -0.15) is 5.26 Å². The zero-order chi connectivity index (χ0) is 15.4. The number of ether oxygens (including phenoxy) is 1. The maximum Gasteiger partial charge on any atom is 0.344 e. The highest BCUT2D eigenvalue weighted by Crippen LogP contribution is 2.22. The topological polar surface area (TPSA) is 83.7 Å². The lowest BCUT2D eigenvalue weighted by atomic mass is 10.2. The number of thioether (sulfide) groups is 1. The van der Waals surface area contributed by atoms with Gasteiger partial charge in [0.15, 0.2) is 5.16 Å². The molecule has 1 saturated heterocycles. The van der Waals surface area contributed by atoms with Crippen LogP contribution in [0.2, 0.25) is 0 Å². The van der Waals surface area contributed by atoms with Gasteiger partial charge in [-0.15, -0.1) is 5.10 Å². The van der Waals surface area contributed by atoms with Crippen molar-refractivity contribution in [1.29, 1.82) is 5.26 Å². The number of benzene rings is 1. The van der Waals surface area contributed by atoms with Crippen LogP contribution >= 0.6 is 11.8 Å². The minimum absolute atomic E-state index is 0.0940. The highest BCUT2D eigenvalue weighted by molar-refractivity contribution is 7.98. The molecule has 0 bridgehead atoms. The Bertz CT molecular complexity index is 740. The third-order valence-electron chi connectivity index (χ3n) is 3.56. The van der Waals surface area contributed by atoms with Gasteiger partial charge in [0.2, 0.25) is 0 Å². The first kappa shape index (κ1) is 14.9. The monoisotopic (exact) mass is 316 g/mol. The second kappa shape index (κ2) is 6.81. The molecule has 22 heavy (non-hydrogen) atoms. The lowest BCUT2D eigenvalue weighted by Crippen LogP contribution is -2.24. The molecule has 0 spiro atoms. The van der Waals surface area contributed by atoms with E-state index >= 15 is 0 Å². The molecule has 1 aromatic carbocycles. The van der Waals surface area contributed by atoms with Crippen LogP contribution in [-0.2, 0) is 17.0 Å². The maximum absolute atomic E-state index is 11.9. The van der Waals surface area contributed by atoms with Crippen molar-refractivity contribution in [3.63, 3.8) is 0 Å². The second-order valence-corrected chi connectivity index (χ2v) is 6.10.